The van der Waals surface area contributed by atoms with Gasteiger partial charge in [0.2, 0.25) is 6.10 Å². The Bertz CT molecular complexity index is 674. The number of hydrogen-bond acceptors (Lipinski definition) is 4. The minimum absolute atomic E-state index is 0.0790. The Balaban J connectivity index is 2.53. The summed E-state index contributed by atoms with van der Waals surface area (Å²) >= 11 is 0. The van der Waals surface area contributed by atoms with Crippen LogP contribution in [0.5, 0.6) is 11.5 Å². The number of carboxylic acids is 1. The lowest BCUT2D eigenvalue weighted by molar-refractivity contribution is -0.302. The zero-order valence-corrected chi connectivity index (χ0v) is 11.2. The third-order valence-electron chi connectivity index (χ3n) is 2.87. The number of hydrogen-bond donors (Lipinski definition) is 0. The van der Waals surface area contributed by atoms with Gasteiger partial charge in [-0.15, -0.1) is 13.2 Å². The Hall–Kier alpha value is -2.39. The van der Waals surface area contributed by atoms with Crippen molar-refractivity contribution in [2.24, 2.45) is 0 Å². The van der Waals surface area contributed by atoms with Crippen molar-refractivity contribution in [1.29, 1.82) is 0 Å². The van der Waals surface area contributed by atoms with Crippen LogP contribution in [0.4, 0.5) is 26.3 Å². The number of benzene rings is 1. The van der Waals surface area contributed by atoms with Crippen molar-refractivity contribution < 1.29 is 45.7 Å². The normalized spacial score (nSPS) is 17.9. The van der Waals surface area contributed by atoms with Gasteiger partial charge in [-0.2, -0.15) is 13.2 Å². The highest BCUT2D eigenvalue weighted by molar-refractivity contribution is 5.93. The molecule has 0 radical (unpaired) electrons. The molecule has 4 nitrogen and oxygen atoms in total. The van der Waals surface area contributed by atoms with Gasteiger partial charge >= 0.3 is 12.5 Å². The SMILES string of the molecule is Cc1cc(OC(F)(F)F)cc2c1O[C@H](C(F)(F)F)C(C(=O)[O-])=C2. The van der Waals surface area contributed by atoms with E-state index in [1.54, 1.807) is 0 Å². The van der Waals surface area contributed by atoms with Crippen molar-refractivity contribution in [1.82, 2.24) is 0 Å². The predicted octanol–water partition coefficient (Wildman–Crippen LogP) is 2.35. The van der Waals surface area contributed by atoms with Crippen LogP contribution in [0.1, 0.15) is 11.1 Å². The first kappa shape index (κ1) is 17.0. The van der Waals surface area contributed by atoms with Gasteiger partial charge in [0.05, 0.1) is 5.97 Å². The summed E-state index contributed by atoms with van der Waals surface area (Å²) in [6.07, 6.45) is -12.3. The Morgan fingerprint density at radius 3 is 2.30 bits per heavy atom. The summed E-state index contributed by atoms with van der Waals surface area (Å²) in [4.78, 5) is 10.8. The van der Waals surface area contributed by atoms with E-state index in [1.165, 1.54) is 6.92 Å². The molecule has 0 bridgehead atoms. The summed E-state index contributed by atoms with van der Waals surface area (Å²) in [5.41, 5.74) is -1.61. The van der Waals surface area contributed by atoms with Crippen LogP contribution in [0.15, 0.2) is 17.7 Å². The molecule has 1 atom stereocenters. The van der Waals surface area contributed by atoms with Gasteiger partial charge in [-0.3, -0.25) is 0 Å². The van der Waals surface area contributed by atoms with Gasteiger partial charge in [0, 0.05) is 11.1 Å². The second-order valence-corrected chi connectivity index (χ2v) is 4.63. The molecule has 0 aliphatic carbocycles. The molecule has 1 heterocycles. The largest absolute Gasteiger partial charge is 0.573 e. The van der Waals surface area contributed by atoms with Gasteiger partial charge in [-0.25, -0.2) is 0 Å². The smallest absolute Gasteiger partial charge is 0.545 e. The fourth-order valence-corrected chi connectivity index (χ4v) is 2.06. The molecule has 1 aliphatic heterocycles. The number of carbonyl (C=O) groups is 1. The second-order valence-electron chi connectivity index (χ2n) is 4.63. The van der Waals surface area contributed by atoms with Crippen molar-refractivity contribution in [3.8, 4) is 11.5 Å². The Morgan fingerprint density at radius 1 is 1.22 bits per heavy atom. The molecule has 0 amide bonds. The van der Waals surface area contributed by atoms with Crippen LogP contribution < -0.4 is 14.6 Å². The van der Waals surface area contributed by atoms with E-state index in [2.05, 4.69) is 9.47 Å². The van der Waals surface area contributed by atoms with Crippen LogP contribution in [-0.2, 0) is 4.79 Å². The van der Waals surface area contributed by atoms with Crippen molar-refractivity contribution >= 4 is 12.0 Å². The lowest BCUT2D eigenvalue weighted by Gasteiger charge is -2.30. The number of alkyl halides is 6. The fourth-order valence-electron chi connectivity index (χ4n) is 2.06. The van der Waals surface area contributed by atoms with Gasteiger partial charge in [-0.05, 0) is 30.7 Å². The van der Waals surface area contributed by atoms with E-state index in [1.807, 2.05) is 0 Å². The maximum Gasteiger partial charge on any atom is 0.573 e. The van der Waals surface area contributed by atoms with Gasteiger partial charge in [0.1, 0.15) is 11.5 Å². The van der Waals surface area contributed by atoms with E-state index in [9.17, 15) is 36.2 Å². The lowest BCUT2D eigenvalue weighted by atomic mass is 9.99. The van der Waals surface area contributed by atoms with E-state index < -0.39 is 35.9 Å². The first-order valence-corrected chi connectivity index (χ1v) is 5.95. The van der Waals surface area contributed by atoms with Crippen molar-refractivity contribution in [3.63, 3.8) is 0 Å². The maximum absolute atomic E-state index is 12.8. The predicted molar refractivity (Wildman–Crippen MR) is 61.3 cm³/mol. The molecule has 0 saturated heterocycles. The average molecular weight is 341 g/mol. The quantitative estimate of drug-likeness (QED) is 0.775. The zero-order chi connectivity index (χ0) is 17.6. The zero-order valence-electron chi connectivity index (χ0n) is 11.2. The summed E-state index contributed by atoms with van der Waals surface area (Å²) < 4.78 is 83.5. The molecule has 0 aromatic heterocycles. The van der Waals surface area contributed by atoms with Crippen molar-refractivity contribution in [2.45, 2.75) is 25.6 Å². The molecule has 1 aliphatic rings. The number of carboxylic acid groups (broad SMARTS) is 1. The number of fused-ring (bicyclic) bond motifs is 1. The highest BCUT2D eigenvalue weighted by Crippen LogP contribution is 2.41. The Morgan fingerprint density at radius 2 is 1.83 bits per heavy atom. The molecular formula is C13H7F6O4-. The summed E-state index contributed by atoms with van der Waals surface area (Å²) in [6.45, 7) is 1.20. The third-order valence-corrected chi connectivity index (χ3v) is 2.87. The van der Waals surface area contributed by atoms with Crippen LogP contribution in [0.3, 0.4) is 0 Å². The number of aliphatic carboxylic acids is 1. The molecule has 1 aromatic carbocycles. The first-order chi connectivity index (χ1) is 10.4. The molecule has 126 valence electrons. The molecule has 23 heavy (non-hydrogen) atoms. The van der Waals surface area contributed by atoms with Gasteiger partial charge < -0.3 is 19.4 Å². The number of aryl methyl sites for hydroxylation is 1. The minimum atomic E-state index is -5.03. The maximum atomic E-state index is 12.8. The summed E-state index contributed by atoms with van der Waals surface area (Å²) in [5.74, 6) is -3.23. The molecule has 10 heteroatoms. The molecule has 0 fully saturated rings. The molecule has 0 spiro atoms. The van der Waals surface area contributed by atoms with Gasteiger partial charge in [0.15, 0.2) is 0 Å². The molecule has 0 saturated carbocycles. The summed E-state index contributed by atoms with van der Waals surface area (Å²) in [5, 5.41) is 10.8. The van der Waals surface area contributed by atoms with Crippen LogP contribution in [-0.4, -0.2) is 24.6 Å². The van der Waals surface area contributed by atoms with E-state index >= 15 is 0 Å². The molecule has 1 aromatic rings. The van der Waals surface area contributed by atoms with E-state index in [0.29, 0.717) is 6.08 Å². The highest BCUT2D eigenvalue weighted by atomic mass is 19.4. The van der Waals surface area contributed by atoms with Crippen LogP contribution in [0, 0.1) is 6.92 Å². The van der Waals surface area contributed by atoms with Crippen molar-refractivity contribution in [3.05, 3.63) is 28.8 Å². The fraction of sp³-hybridized carbons (Fsp3) is 0.308. The average Bonchev–Trinajstić information content (AvgIpc) is 2.33. The van der Waals surface area contributed by atoms with E-state index in [-0.39, 0.29) is 16.9 Å². The molecule has 0 unspecified atom stereocenters. The van der Waals surface area contributed by atoms with E-state index in [4.69, 9.17) is 0 Å². The topological polar surface area (TPSA) is 58.6 Å². The van der Waals surface area contributed by atoms with Crippen LogP contribution in [0.2, 0.25) is 0 Å². The summed E-state index contributed by atoms with van der Waals surface area (Å²) in [6, 6.07) is 1.56. The summed E-state index contributed by atoms with van der Waals surface area (Å²) in [7, 11) is 0. The second kappa shape index (κ2) is 5.36. The van der Waals surface area contributed by atoms with Crippen LogP contribution in [0.25, 0.3) is 6.08 Å². The molecule has 0 N–H and O–H groups in total. The lowest BCUT2D eigenvalue weighted by Crippen LogP contribution is -2.44. The monoisotopic (exact) mass is 341 g/mol. The first-order valence-electron chi connectivity index (χ1n) is 5.95. The number of carbonyl (C=O) groups excluding carboxylic acids is 1. The Labute approximate surface area is 124 Å². The van der Waals surface area contributed by atoms with Crippen molar-refractivity contribution in [2.75, 3.05) is 0 Å². The van der Waals surface area contributed by atoms with Crippen LogP contribution >= 0.6 is 0 Å². The molecular weight excluding hydrogens is 334 g/mol. The van der Waals surface area contributed by atoms with E-state index in [0.717, 1.165) is 12.1 Å². The number of ether oxygens (including phenoxy) is 2. The van der Waals surface area contributed by atoms with Gasteiger partial charge in [-0.1, -0.05) is 0 Å². The minimum Gasteiger partial charge on any atom is -0.545 e. The number of halogens is 6. The Kier molecular flexibility index (Phi) is 3.95. The third kappa shape index (κ3) is 3.69. The molecule has 2 rings (SSSR count). The highest BCUT2D eigenvalue weighted by Gasteiger charge is 2.47. The van der Waals surface area contributed by atoms with Gasteiger partial charge in [0.25, 0.3) is 0 Å². The number of rotatable bonds is 2. The standard InChI is InChI=1S/C13H8F6O4/c1-5-2-7(23-13(17,18)19)3-6-4-8(11(20)21)10(12(14,15)16)22-9(5)6/h2-4,10H,1H3,(H,20,21)/p-1/t10-/m0/s1.